The van der Waals surface area contributed by atoms with Crippen molar-refractivity contribution < 1.29 is 9.59 Å². The number of aryl methyl sites for hydroxylation is 3. The number of hydrogen-bond acceptors (Lipinski definition) is 4. The molecule has 0 atom stereocenters. The Bertz CT molecular complexity index is 996. The summed E-state index contributed by atoms with van der Waals surface area (Å²) in [6.07, 6.45) is 0.252. The predicted molar refractivity (Wildman–Crippen MR) is 114 cm³/mol. The molecule has 3 rings (SSSR count). The number of carbonyl (C=O) groups is 2. The lowest BCUT2D eigenvalue weighted by Gasteiger charge is -2.07. The molecule has 28 heavy (non-hydrogen) atoms. The molecule has 0 radical (unpaired) electrons. The van der Waals surface area contributed by atoms with E-state index in [1.807, 2.05) is 35.7 Å². The zero-order chi connectivity index (χ0) is 20.1. The highest BCUT2D eigenvalue weighted by Gasteiger charge is 2.12. The first-order valence-electron chi connectivity index (χ1n) is 9.06. The lowest BCUT2D eigenvalue weighted by molar-refractivity contribution is -0.123. The zero-order valence-electron chi connectivity index (χ0n) is 16.2. The van der Waals surface area contributed by atoms with Crippen molar-refractivity contribution in [2.75, 3.05) is 11.9 Å². The highest BCUT2D eigenvalue weighted by atomic mass is 32.1. The van der Waals surface area contributed by atoms with Gasteiger partial charge < -0.3 is 10.6 Å². The maximum absolute atomic E-state index is 12.1. The molecular weight excluding hydrogens is 370 g/mol. The molecule has 0 aliphatic heterocycles. The molecule has 0 spiro atoms. The largest absolute Gasteiger partial charge is 0.347 e. The molecule has 0 fully saturated rings. The van der Waals surface area contributed by atoms with E-state index in [-0.39, 0.29) is 24.8 Å². The number of aromatic nitrogens is 1. The number of thiazole rings is 1. The molecule has 0 unspecified atom stereocenters. The van der Waals surface area contributed by atoms with Crippen molar-refractivity contribution in [2.24, 2.45) is 0 Å². The Morgan fingerprint density at radius 2 is 1.68 bits per heavy atom. The number of nitrogens with zero attached hydrogens (tertiary/aromatic N) is 1. The summed E-state index contributed by atoms with van der Waals surface area (Å²) < 4.78 is 0. The molecule has 0 saturated heterocycles. The van der Waals surface area contributed by atoms with E-state index in [1.165, 1.54) is 22.5 Å². The quantitative estimate of drug-likeness (QED) is 0.664. The third-order valence-corrected chi connectivity index (χ3v) is 5.28. The minimum absolute atomic E-state index is 0.0801. The SMILES string of the molecule is Cc1cc(C)c(-c2csc(NC(=O)CNC(=O)Cc3ccccc3)n2)cc1C. The van der Waals surface area contributed by atoms with Gasteiger partial charge in [-0.1, -0.05) is 36.4 Å². The molecule has 0 bridgehead atoms. The Hall–Kier alpha value is -2.99. The molecule has 5 nitrogen and oxygen atoms in total. The van der Waals surface area contributed by atoms with Crippen LogP contribution < -0.4 is 10.6 Å². The summed E-state index contributed by atoms with van der Waals surface area (Å²) >= 11 is 1.37. The van der Waals surface area contributed by atoms with Gasteiger partial charge in [-0.3, -0.25) is 9.59 Å². The molecule has 144 valence electrons. The third kappa shape index (κ3) is 5.04. The summed E-state index contributed by atoms with van der Waals surface area (Å²) in [6.45, 7) is 6.14. The average molecular weight is 394 g/mol. The molecule has 1 heterocycles. The fourth-order valence-electron chi connectivity index (χ4n) is 2.88. The van der Waals surface area contributed by atoms with E-state index in [2.05, 4.69) is 48.5 Å². The van der Waals surface area contributed by atoms with Crippen LogP contribution in [-0.2, 0) is 16.0 Å². The Morgan fingerprint density at radius 3 is 2.43 bits per heavy atom. The second-order valence-corrected chi connectivity index (χ2v) is 7.63. The molecule has 0 aliphatic carbocycles. The van der Waals surface area contributed by atoms with Gasteiger partial charge in [0.15, 0.2) is 5.13 Å². The Kier molecular flexibility index (Phi) is 6.21. The molecule has 0 saturated carbocycles. The smallest absolute Gasteiger partial charge is 0.245 e. The van der Waals surface area contributed by atoms with Gasteiger partial charge in [0.25, 0.3) is 0 Å². The van der Waals surface area contributed by atoms with Crippen LogP contribution in [0.2, 0.25) is 0 Å². The fourth-order valence-corrected chi connectivity index (χ4v) is 3.60. The van der Waals surface area contributed by atoms with Crippen molar-refractivity contribution in [1.82, 2.24) is 10.3 Å². The van der Waals surface area contributed by atoms with E-state index < -0.39 is 0 Å². The van der Waals surface area contributed by atoms with E-state index in [0.29, 0.717) is 5.13 Å². The molecule has 6 heteroatoms. The number of anilines is 1. The van der Waals surface area contributed by atoms with Gasteiger partial charge in [-0.25, -0.2) is 4.98 Å². The van der Waals surface area contributed by atoms with Crippen molar-refractivity contribution in [3.05, 3.63) is 70.1 Å². The highest BCUT2D eigenvalue weighted by molar-refractivity contribution is 7.14. The lowest BCUT2D eigenvalue weighted by Crippen LogP contribution is -2.33. The van der Waals surface area contributed by atoms with E-state index in [9.17, 15) is 9.59 Å². The summed E-state index contributed by atoms with van der Waals surface area (Å²) in [6, 6.07) is 13.7. The first-order chi connectivity index (χ1) is 13.4. The van der Waals surface area contributed by atoms with Crippen LogP contribution in [0.1, 0.15) is 22.3 Å². The second kappa shape index (κ2) is 8.80. The Labute approximate surface area is 168 Å². The molecule has 1 aromatic heterocycles. The van der Waals surface area contributed by atoms with Crippen LogP contribution >= 0.6 is 11.3 Å². The van der Waals surface area contributed by atoms with Crippen LogP contribution in [0.5, 0.6) is 0 Å². The van der Waals surface area contributed by atoms with Crippen LogP contribution in [0.25, 0.3) is 11.3 Å². The van der Waals surface area contributed by atoms with Gasteiger partial charge in [0.05, 0.1) is 18.7 Å². The van der Waals surface area contributed by atoms with Crippen molar-refractivity contribution >= 4 is 28.3 Å². The third-order valence-electron chi connectivity index (χ3n) is 4.52. The zero-order valence-corrected chi connectivity index (χ0v) is 17.0. The van der Waals surface area contributed by atoms with Crippen molar-refractivity contribution in [3.63, 3.8) is 0 Å². The monoisotopic (exact) mass is 393 g/mol. The Morgan fingerprint density at radius 1 is 0.964 bits per heavy atom. The van der Waals surface area contributed by atoms with Gasteiger partial charge in [0, 0.05) is 10.9 Å². The number of hydrogen-bond donors (Lipinski definition) is 2. The normalized spacial score (nSPS) is 10.5. The molecule has 2 amide bonds. The van der Waals surface area contributed by atoms with E-state index >= 15 is 0 Å². The number of carbonyl (C=O) groups excluding carboxylic acids is 2. The van der Waals surface area contributed by atoms with Gasteiger partial charge in [-0.05, 0) is 49.1 Å². The van der Waals surface area contributed by atoms with E-state index in [0.717, 1.165) is 22.4 Å². The van der Waals surface area contributed by atoms with Crippen LogP contribution in [0.4, 0.5) is 5.13 Å². The van der Waals surface area contributed by atoms with Gasteiger partial charge in [-0.15, -0.1) is 11.3 Å². The highest BCUT2D eigenvalue weighted by Crippen LogP contribution is 2.29. The number of amides is 2. The topological polar surface area (TPSA) is 71.1 Å². The van der Waals surface area contributed by atoms with Crippen molar-refractivity contribution in [1.29, 1.82) is 0 Å². The van der Waals surface area contributed by atoms with Gasteiger partial charge in [0.1, 0.15) is 0 Å². The standard InChI is InChI=1S/C22H23N3O2S/c1-14-9-16(3)18(10-15(14)2)19-13-28-22(24-19)25-21(27)12-23-20(26)11-17-7-5-4-6-8-17/h4-10,13H,11-12H2,1-3H3,(H,23,26)(H,24,25,27). The van der Waals surface area contributed by atoms with Crippen LogP contribution in [0, 0.1) is 20.8 Å². The molecule has 0 aliphatic rings. The molecule has 2 aromatic carbocycles. The maximum Gasteiger partial charge on any atom is 0.245 e. The summed E-state index contributed by atoms with van der Waals surface area (Å²) in [5.74, 6) is -0.481. The summed E-state index contributed by atoms with van der Waals surface area (Å²) in [7, 11) is 0. The Balaban J connectivity index is 1.55. The van der Waals surface area contributed by atoms with Crippen molar-refractivity contribution in [2.45, 2.75) is 27.2 Å². The minimum atomic E-state index is -0.292. The summed E-state index contributed by atoms with van der Waals surface area (Å²) in [5, 5.41) is 7.84. The first kappa shape index (κ1) is 19.8. The number of nitrogens with one attached hydrogen (secondary N) is 2. The second-order valence-electron chi connectivity index (χ2n) is 6.78. The molecular formula is C22H23N3O2S. The number of benzene rings is 2. The van der Waals surface area contributed by atoms with Crippen LogP contribution in [-0.4, -0.2) is 23.3 Å². The molecule has 3 aromatic rings. The molecule has 2 N–H and O–H groups in total. The van der Waals surface area contributed by atoms with Crippen LogP contribution in [0.3, 0.4) is 0 Å². The van der Waals surface area contributed by atoms with Gasteiger partial charge in [-0.2, -0.15) is 0 Å². The lowest BCUT2D eigenvalue weighted by atomic mass is 9.99. The minimum Gasteiger partial charge on any atom is -0.347 e. The summed E-state index contributed by atoms with van der Waals surface area (Å²) in [5.41, 5.74) is 6.43. The van der Waals surface area contributed by atoms with E-state index in [1.54, 1.807) is 0 Å². The van der Waals surface area contributed by atoms with E-state index in [4.69, 9.17) is 0 Å². The maximum atomic E-state index is 12.1. The fraction of sp³-hybridized carbons (Fsp3) is 0.227. The predicted octanol–water partition coefficient (Wildman–Crippen LogP) is 4.03. The van der Waals surface area contributed by atoms with Crippen molar-refractivity contribution in [3.8, 4) is 11.3 Å². The summed E-state index contributed by atoms with van der Waals surface area (Å²) in [4.78, 5) is 28.6. The first-order valence-corrected chi connectivity index (χ1v) is 9.94. The average Bonchev–Trinajstić information content (AvgIpc) is 3.12. The van der Waals surface area contributed by atoms with Crippen LogP contribution in [0.15, 0.2) is 47.8 Å². The van der Waals surface area contributed by atoms with Gasteiger partial charge >= 0.3 is 0 Å². The number of rotatable bonds is 6. The van der Waals surface area contributed by atoms with Gasteiger partial charge in [0.2, 0.25) is 11.8 Å².